The van der Waals surface area contributed by atoms with Gasteiger partial charge in [-0.3, -0.25) is 14.9 Å². The van der Waals surface area contributed by atoms with Gasteiger partial charge in [-0.25, -0.2) is 19.6 Å². The number of amides is 4. The van der Waals surface area contributed by atoms with E-state index in [1.165, 1.54) is 14.2 Å². The predicted molar refractivity (Wildman–Crippen MR) is 222 cm³/mol. The number of alkyl carbamates (subject to hydrolysis) is 2. The number of likely N-dealkylation sites (tertiary alicyclic amines) is 1. The Hall–Kier alpha value is -6.18. The molecule has 4 saturated heterocycles. The lowest BCUT2D eigenvalue weighted by atomic mass is 9.90. The van der Waals surface area contributed by atoms with Crippen LogP contribution in [0.3, 0.4) is 0 Å². The van der Waals surface area contributed by atoms with E-state index in [0.29, 0.717) is 37.9 Å². The summed E-state index contributed by atoms with van der Waals surface area (Å²) in [6.45, 7) is 3.03. The molecule has 1 unspecified atom stereocenters. The molecule has 5 N–H and O–H groups in total. The molecule has 6 aliphatic rings. The molecule has 11 rings (SSSR count). The van der Waals surface area contributed by atoms with Gasteiger partial charge in [0.15, 0.2) is 0 Å². The highest BCUT2D eigenvalue weighted by molar-refractivity contribution is 6.04. The Balaban J connectivity index is 0.824. The van der Waals surface area contributed by atoms with E-state index in [0.717, 1.165) is 81.3 Å². The average molecular weight is 826 g/mol. The van der Waals surface area contributed by atoms with Crippen LogP contribution in [0.15, 0.2) is 48.5 Å². The van der Waals surface area contributed by atoms with Crippen LogP contribution < -0.4 is 16.0 Å². The van der Waals surface area contributed by atoms with E-state index in [1.807, 2.05) is 47.1 Å². The summed E-state index contributed by atoms with van der Waals surface area (Å²) >= 11 is 0. The molecular weight excluding hydrogens is 779 g/mol. The number of imidazole rings is 2. The second-order valence-corrected chi connectivity index (χ2v) is 17.6. The van der Waals surface area contributed by atoms with Gasteiger partial charge < -0.3 is 44.6 Å². The number of nitrogens with zero attached hydrogens (tertiary/aromatic N) is 4. The van der Waals surface area contributed by atoms with Crippen LogP contribution in [0.1, 0.15) is 80.3 Å². The highest BCUT2D eigenvalue weighted by Crippen LogP contribution is 2.62. The summed E-state index contributed by atoms with van der Waals surface area (Å²) in [5.74, 6) is 8.62. The molecular formula is C45H47N9O7. The minimum absolute atomic E-state index is 0.0317. The van der Waals surface area contributed by atoms with Crippen molar-refractivity contribution in [2.24, 2.45) is 17.8 Å². The molecule has 9 atom stereocenters. The van der Waals surface area contributed by atoms with Crippen molar-refractivity contribution in [1.82, 2.24) is 45.7 Å². The summed E-state index contributed by atoms with van der Waals surface area (Å²) in [7, 11) is 2.61. The number of benzene rings is 3. The molecule has 3 aromatic carbocycles. The molecule has 16 nitrogen and oxygen atoms in total. The zero-order chi connectivity index (χ0) is 41.7. The number of aromatic nitrogens is 4. The minimum Gasteiger partial charge on any atom is -0.453 e. The van der Waals surface area contributed by atoms with Gasteiger partial charge in [0.1, 0.15) is 23.7 Å². The van der Waals surface area contributed by atoms with Gasteiger partial charge >= 0.3 is 12.2 Å². The fourth-order valence-electron chi connectivity index (χ4n) is 10.8. The maximum atomic E-state index is 14.3. The van der Waals surface area contributed by atoms with Gasteiger partial charge in [0, 0.05) is 47.7 Å². The van der Waals surface area contributed by atoms with Crippen molar-refractivity contribution in [1.29, 1.82) is 0 Å². The number of nitrogens with one attached hydrogen (secondary N) is 5. The molecule has 1 spiro atoms. The zero-order valence-electron chi connectivity index (χ0n) is 34.1. The zero-order valence-corrected chi connectivity index (χ0v) is 34.1. The molecule has 0 radical (unpaired) electrons. The number of ether oxygens (including phenoxy) is 3. The molecule has 2 aromatic heterocycles. The normalized spacial score (nSPS) is 29.4. The first-order valence-corrected chi connectivity index (χ1v) is 21.3. The van der Waals surface area contributed by atoms with Crippen LogP contribution in [0.5, 0.6) is 0 Å². The van der Waals surface area contributed by atoms with Gasteiger partial charge in [0.25, 0.3) is 0 Å². The largest absolute Gasteiger partial charge is 0.453 e. The Bertz CT molecular complexity index is 2710. The first-order valence-electron chi connectivity index (χ1n) is 21.3. The summed E-state index contributed by atoms with van der Waals surface area (Å²) in [5, 5.41) is 11.2. The summed E-state index contributed by atoms with van der Waals surface area (Å²) in [6.07, 6.45) is 3.60. The Kier molecular flexibility index (Phi) is 8.80. The molecule has 6 heterocycles. The number of piperidine rings is 2. The van der Waals surface area contributed by atoms with E-state index in [2.05, 4.69) is 56.0 Å². The van der Waals surface area contributed by atoms with Crippen LogP contribution in [0.2, 0.25) is 0 Å². The van der Waals surface area contributed by atoms with Crippen LogP contribution in [-0.4, -0.2) is 111 Å². The van der Waals surface area contributed by atoms with E-state index >= 15 is 0 Å². The van der Waals surface area contributed by atoms with Gasteiger partial charge in [-0.05, 0) is 99.1 Å². The maximum Gasteiger partial charge on any atom is 0.407 e. The molecule has 4 amide bonds. The summed E-state index contributed by atoms with van der Waals surface area (Å²) < 4.78 is 15.3. The molecule has 0 bridgehead atoms. The third-order valence-corrected chi connectivity index (χ3v) is 14.1. The fraction of sp³-hybridized carbons (Fsp3) is 0.467. The van der Waals surface area contributed by atoms with Crippen molar-refractivity contribution in [2.75, 3.05) is 27.4 Å². The first kappa shape index (κ1) is 37.8. The number of carbonyl (C=O) groups is 4. The summed E-state index contributed by atoms with van der Waals surface area (Å²) in [4.78, 5) is 73.5. The number of carbonyl (C=O) groups excluding carboxylic acids is 4. The molecule has 6 fully saturated rings. The number of hydrogen-bond donors (Lipinski definition) is 5. The summed E-state index contributed by atoms with van der Waals surface area (Å²) in [5.41, 5.74) is 4.63. The molecule has 16 heteroatoms. The second-order valence-electron chi connectivity index (χ2n) is 17.6. The van der Waals surface area contributed by atoms with Gasteiger partial charge in [-0.1, -0.05) is 24.0 Å². The van der Waals surface area contributed by atoms with Crippen molar-refractivity contribution in [3.63, 3.8) is 0 Å². The highest BCUT2D eigenvalue weighted by atomic mass is 16.5. The van der Waals surface area contributed by atoms with Crippen molar-refractivity contribution in [3.8, 4) is 11.8 Å². The molecule has 61 heavy (non-hydrogen) atoms. The fourth-order valence-corrected chi connectivity index (χ4v) is 10.8. The molecule has 4 aliphatic heterocycles. The first-order chi connectivity index (χ1) is 29.6. The van der Waals surface area contributed by atoms with Gasteiger partial charge in [0.2, 0.25) is 11.8 Å². The number of aromatic amines is 2. The van der Waals surface area contributed by atoms with Crippen molar-refractivity contribution < 1.29 is 33.4 Å². The minimum atomic E-state index is -0.741. The lowest BCUT2D eigenvalue weighted by Gasteiger charge is -2.44. The third kappa shape index (κ3) is 6.27. The lowest BCUT2D eigenvalue weighted by Crippen LogP contribution is -2.69. The quantitative estimate of drug-likeness (QED) is 0.152. The predicted octanol–water partition coefficient (Wildman–Crippen LogP) is 4.51. The lowest BCUT2D eigenvalue weighted by molar-refractivity contribution is -0.144. The van der Waals surface area contributed by atoms with Crippen LogP contribution in [0, 0.1) is 29.6 Å². The topological polar surface area (TPSA) is 196 Å². The monoisotopic (exact) mass is 825 g/mol. The third-order valence-electron chi connectivity index (χ3n) is 14.1. The van der Waals surface area contributed by atoms with Crippen LogP contribution in [0.25, 0.3) is 32.8 Å². The second kappa shape index (κ2) is 14.2. The van der Waals surface area contributed by atoms with Crippen LogP contribution in [0.4, 0.5) is 9.59 Å². The van der Waals surface area contributed by atoms with Crippen LogP contribution >= 0.6 is 0 Å². The Morgan fingerprint density at radius 3 is 2.46 bits per heavy atom. The number of hydrogen-bond acceptors (Lipinski definition) is 10. The molecule has 5 aromatic rings. The Morgan fingerprint density at radius 2 is 1.66 bits per heavy atom. The van der Waals surface area contributed by atoms with Gasteiger partial charge in [-0.15, -0.1) is 0 Å². The van der Waals surface area contributed by atoms with E-state index < -0.39 is 29.9 Å². The Labute approximate surface area is 350 Å². The van der Waals surface area contributed by atoms with E-state index in [9.17, 15) is 19.2 Å². The number of fused-ring (bicyclic) bond motifs is 5. The molecule has 2 saturated carbocycles. The molecule has 2 aliphatic carbocycles. The SMILES string of the molecule is COC(=O)N[C@H](C(=O)N1[C@@H]2C[C@@H]2C[C@H]1c1nc2c(ccc3cc(C#Cc4ccc5nc([C@@H]6C[C@H]7C[C@]78NC(C)[C@H](NC(=O)OC)C(=O)N68)[nH]c5c4)ccc32)[nH]1)C1CCOCC1. The summed E-state index contributed by atoms with van der Waals surface area (Å²) in [6, 6.07) is 14.1. The number of rotatable bonds is 6. The average Bonchev–Trinajstić information content (AvgIpc) is 3.85. The highest BCUT2D eigenvalue weighted by Gasteiger charge is 2.71. The Morgan fingerprint density at radius 1 is 0.902 bits per heavy atom. The smallest absolute Gasteiger partial charge is 0.407 e. The maximum absolute atomic E-state index is 14.3. The van der Waals surface area contributed by atoms with Crippen LogP contribution in [-0.2, 0) is 23.8 Å². The standard InChI is InChI=1S/C45H47N9O7/c1-22-36(50-43(57)59-2)42(56)54-35(20-28-21-45(28,54)52-22)40-46-30-10-7-24(17-32(30)48-40)5-4-23-6-9-29-26(16-23)8-11-31-38(29)49-39(47-31)34-19-27-18-33(27)53(34)41(55)37(51-44(58)60-3)25-12-14-61-15-13-25/h6-11,16-17,22,25,27-28,33-37,52H,12-15,18-21H2,1-3H3,(H,46,48)(H,47,49)(H,50,57)(H,51,58)/t22?,27-,28+,33-,34+,35+,36+,37+,45-/m1/s1. The number of H-pyrrole nitrogens is 2. The van der Waals surface area contributed by atoms with Crippen molar-refractivity contribution >= 4 is 56.8 Å². The molecule has 314 valence electrons. The van der Waals surface area contributed by atoms with Gasteiger partial charge in [-0.2, -0.15) is 0 Å². The van der Waals surface area contributed by atoms with Crippen molar-refractivity contribution in [3.05, 3.63) is 71.3 Å². The van der Waals surface area contributed by atoms with Gasteiger partial charge in [0.05, 0.1) is 54.0 Å². The van der Waals surface area contributed by atoms with Crippen molar-refractivity contribution in [2.45, 2.75) is 87.4 Å². The number of methoxy groups -OCH3 is 2. The van der Waals surface area contributed by atoms with E-state index in [4.69, 9.17) is 24.2 Å². The van der Waals surface area contributed by atoms with E-state index in [-0.39, 0.29) is 41.9 Å². The van der Waals surface area contributed by atoms with E-state index in [1.54, 1.807) is 0 Å².